The number of anilines is 1. The quantitative estimate of drug-likeness (QED) is 0.786. The highest BCUT2D eigenvalue weighted by Gasteiger charge is 2.19. The third kappa shape index (κ3) is 3.09. The monoisotopic (exact) mass is 248 g/mol. The van der Waals surface area contributed by atoms with E-state index in [2.05, 4.69) is 18.5 Å². The van der Waals surface area contributed by atoms with Crippen LogP contribution in [0.3, 0.4) is 0 Å². The van der Waals surface area contributed by atoms with Crippen molar-refractivity contribution in [1.29, 1.82) is 0 Å². The summed E-state index contributed by atoms with van der Waals surface area (Å²) in [6.07, 6.45) is 2.70. The van der Waals surface area contributed by atoms with E-state index in [0.717, 1.165) is 24.2 Å². The Hall–Kier alpha value is -1.84. The molecule has 0 aliphatic heterocycles. The van der Waals surface area contributed by atoms with Gasteiger partial charge in [0.05, 0.1) is 0 Å². The van der Waals surface area contributed by atoms with E-state index < -0.39 is 5.97 Å². The van der Waals surface area contributed by atoms with Gasteiger partial charge in [0.15, 0.2) is 0 Å². The third-order valence-electron chi connectivity index (χ3n) is 2.68. The molecule has 0 saturated heterocycles. The van der Waals surface area contributed by atoms with Gasteiger partial charge >= 0.3 is 5.97 Å². The molecule has 0 saturated carbocycles. The van der Waals surface area contributed by atoms with Crippen LogP contribution in [0.25, 0.3) is 0 Å². The molecule has 0 unspecified atom stereocenters. The second-order valence-corrected chi connectivity index (χ2v) is 4.32. The van der Waals surface area contributed by atoms with Gasteiger partial charge in [-0.15, -0.1) is 6.58 Å². The van der Waals surface area contributed by atoms with Crippen LogP contribution in [0.15, 0.2) is 18.7 Å². The maximum atomic E-state index is 11.4. The van der Waals surface area contributed by atoms with E-state index in [1.54, 1.807) is 19.1 Å². The number of carboxylic acid groups (broad SMARTS) is 1. The summed E-state index contributed by atoms with van der Waals surface area (Å²) in [5.41, 5.74) is 1.86. The molecule has 1 N–H and O–H groups in total. The predicted octanol–water partition coefficient (Wildman–Crippen LogP) is 2.80. The lowest BCUT2D eigenvalue weighted by Crippen LogP contribution is -2.28. The van der Waals surface area contributed by atoms with Gasteiger partial charge in [-0.05, 0) is 31.9 Å². The average Bonchev–Trinajstić information content (AvgIpc) is 2.26. The highest BCUT2D eigenvalue weighted by Crippen LogP contribution is 2.23. The van der Waals surface area contributed by atoms with Crippen LogP contribution >= 0.6 is 0 Å². The Balaban J connectivity index is 3.34. The SMILES string of the molecule is C=CCN(CCC)c1nc(C)cc(C)c1C(=O)O. The van der Waals surface area contributed by atoms with Crippen molar-refractivity contribution in [3.63, 3.8) is 0 Å². The van der Waals surface area contributed by atoms with Crippen LogP contribution in [0.2, 0.25) is 0 Å². The Morgan fingerprint density at radius 1 is 1.56 bits per heavy atom. The van der Waals surface area contributed by atoms with Crippen molar-refractivity contribution >= 4 is 11.8 Å². The van der Waals surface area contributed by atoms with E-state index in [0.29, 0.717) is 12.4 Å². The number of carbonyl (C=O) groups is 1. The zero-order valence-electron chi connectivity index (χ0n) is 11.2. The van der Waals surface area contributed by atoms with Gasteiger partial charge in [-0.3, -0.25) is 0 Å². The summed E-state index contributed by atoms with van der Waals surface area (Å²) in [5, 5.41) is 9.33. The van der Waals surface area contributed by atoms with Crippen molar-refractivity contribution in [2.75, 3.05) is 18.0 Å². The number of aromatic carboxylic acids is 1. The van der Waals surface area contributed by atoms with E-state index in [1.165, 1.54) is 0 Å². The fourth-order valence-electron chi connectivity index (χ4n) is 2.02. The van der Waals surface area contributed by atoms with Crippen LogP contribution in [0.4, 0.5) is 5.82 Å². The molecule has 0 spiro atoms. The zero-order valence-corrected chi connectivity index (χ0v) is 11.2. The van der Waals surface area contributed by atoms with E-state index in [9.17, 15) is 9.90 Å². The highest BCUT2D eigenvalue weighted by atomic mass is 16.4. The van der Waals surface area contributed by atoms with E-state index in [4.69, 9.17) is 0 Å². The Morgan fingerprint density at radius 3 is 2.72 bits per heavy atom. The largest absolute Gasteiger partial charge is 0.478 e. The second kappa shape index (κ2) is 6.19. The van der Waals surface area contributed by atoms with E-state index in [-0.39, 0.29) is 5.56 Å². The molecular weight excluding hydrogens is 228 g/mol. The molecule has 18 heavy (non-hydrogen) atoms. The standard InChI is InChI=1S/C14H20N2O2/c1-5-7-16(8-6-2)13-12(14(17)18)10(3)9-11(4)15-13/h5,9H,1,6-8H2,2-4H3,(H,17,18). The highest BCUT2D eigenvalue weighted by molar-refractivity contribution is 5.95. The van der Waals surface area contributed by atoms with Crippen LogP contribution in [0.5, 0.6) is 0 Å². The number of carboxylic acids is 1. The summed E-state index contributed by atoms with van der Waals surface area (Å²) in [6.45, 7) is 10.8. The smallest absolute Gasteiger partial charge is 0.339 e. The second-order valence-electron chi connectivity index (χ2n) is 4.32. The minimum Gasteiger partial charge on any atom is -0.478 e. The molecule has 1 heterocycles. The van der Waals surface area contributed by atoms with Gasteiger partial charge in [0.2, 0.25) is 0 Å². The fourth-order valence-corrected chi connectivity index (χ4v) is 2.02. The number of nitrogens with zero attached hydrogens (tertiary/aromatic N) is 2. The minimum absolute atomic E-state index is 0.288. The first-order valence-corrected chi connectivity index (χ1v) is 6.08. The summed E-state index contributed by atoms with van der Waals surface area (Å²) in [6, 6.07) is 1.80. The zero-order chi connectivity index (χ0) is 13.7. The number of pyridine rings is 1. The van der Waals surface area contributed by atoms with Crippen molar-refractivity contribution in [3.8, 4) is 0 Å². The third-order valence-corrected chi connectivity index (χ3v) is 2.68. The van der Waals surface area contributed by atoms with Gasteiger partial charge in [0.25, 0.3) is 0 Å². The number of rotatable bonds is 6. The first-order chi connectivity index (χ1) is 8.51. The Kier molecular flexibility index (Phi) is 4.89. The summed E-state index contributed by atoms with van der Waals surface area (Å²) < 4.78 is 0. The Labute approximate surface area is 108 Å². The molecule has 1 aromatic rings. The molecule has 98 valence electrons. The van der Waals surface area contributed by atoms with Gasteiger partial charge in [0.1, 0.15) is 11.4 Å². The van der Waals surface area contributed by atoms with Gasteiger partial charge in [-0.25, -0.2) is 9.78 Å². The molecule has 0 atom stereocenters. The fraction of sp³-hybridized carbons (Fsp3) is 0.429. The molecule has 1 aromatic heterocycles. The Morgan fingerprint density at radius 2 is 2.22 bits per heavy atom. The van der Waals surface area contributed by atoms with E-state index >= 15 is 0 Å². The summed E-state index contributed by atoms with van der Waals surface area (Å²) in [5.74, 6) is -0.387. The summed E-state index contributed by atoms with van der Waals surface area (Å²) in [7, 11) is 0. The predicted molar refractivity (Wildman–Crippen MR) is 73.4 cm³/mol. The number of hydrogen-bond donors (Lipinski definition) is 1. The topological polar surface area (TPSA) is 53.4 Å². The van der Waals surface area contributed by atoms with Crippen LogP contribution < -0.4 is 4.90 Å². The average molecular weight is 248 g/mol. The maximum absolute atomic E-state index is 11.4. The lowest BCUT2D eigenvalue weighted by atomic mass is 10.1. The molecule has 0 radical (unpaired) electrons. The van der Waals surface area contributed by atoms with Crippen molar-refractivity contribution < 1.29 is 9.90 Å². The van der Waals surface area contributed by atoms with Crippen LogP contribution in [0, 0.1) is 13.8 Å². The van der Waals surface area contributed by atoms with Gasteiger partial charge < -0.3 is 10.0 Å². The molecule has 0 fully saturated rings. The van der Waals surface area contributed by atoms with Gasteiger partial charge in [0, 0.05) is 18.8 Å². The van der Waals surface area contributed by atoms with E-state index in [1.807, 2.05) is 11.8 Å². The summed E-state index contributed by atoms with van der Waals surface area (Å²) in [4.78, 5) is 17.7. The van der Waals surface area contributed by atoms with Crippen LogP contribution in [-0.4, -0.2) is 29.1 Å². The molecule has 0 aliphatic rings. The maximum Gasteiger partial charge on any atom is 0.339 e. The molecule has 1 rings (SSSR count). The van der Waals surface area contributed by atoms with Crippen molar-refractivity contribution in [2.24, 2.45) is 0 Å². The van der Waals surface area contributed by atoms with Crippen molar-refractivity contribution in [2.45, 2.75) is 27.2 Å². The first kappa shape index (κ1) is 14.2. The lowest BCUT2D eigenvalue weighted by Gasteiger charge is -2.24. The normalized spacial score (nSPS) is 10.2. The minimum atomic E-state index is -0.930. The van der Waals surface area contributed by atoms with Crippen LogP contribution in [0.1, 0.15) is 35.0 Å². The Bertz CT molecular complexity index is 455. The number of hydrogen-bond acceptors (Lipinski definition) is 3. The van der Waals surface area contributed by atoms with Gasteiger partial charge in [-0.2, -0.15) is 0 Å². The number of aryl methyl sites for hydroxylation is 2. The lowest BCUT2D eigenvalue weighted by molar-refractivity contribution is 0.0696. The molecular formula is C14H20N2O2. The molecule has 0 aliphatic carbocycles. The molecule has 4 heteroatoms. The van der Waals surface area contributed by atoms with Crippen molar-refractivity contribution in [1.82, 2.24) is 4.98 Å². The van der Waals surface area contributed by atoms with Crippen molar-refractivity contribution in [3.05, 3.63) is 35.5 Å². The molecule has 0 amide bonds. The van der Waals surface area contributed by atoms with Crippen LogP contribution in [-0.2, 0) is 0 Å². The molecule has 0 aromatic carbocycles. The molecule has 0 bridgehead atoms. The number of aromatic nitrogens is 1. The van der Waals surface area contributed by atoms with Gasteiger partial charge in [-0.1, -0.05) is 13.0 Å². The molecule has 4 nitrogen and oxygen atoms in total. The first-order valence-electron chi connectivity index (χ1n) is 6.08. The summed E-state index contributed by atoms with van der Waals surface area (Å²) >= 11 is 0.